The van der Waals surface area contributed by atoms with Crippen molar-refractivity contribution in [3.8, 4) is 0 Å². The van der Waals surface area contributed by atoms with Gasteiger partial charge in [0.05, 0.1) is 18.0 Å². The minimum absolute atomic E-state index is 0.0726. The number of ether oxygens (including phenoxy) is 1. The minimum Gasteiger partial charge on any atom is -0.469 e. The summed E-state index contributed by atoms with van der Waals surface area (Å²) in [5.41, 5.74) is -0.0726. The number of carbonyl (C=O) groups is 1. The highest BCUT2D eigenvalue weighted by Crippen LogP contribution is 2.12. The molecule has 1 atom stereocenters. The molecular formula is C10H13N3O4. The average Bonchev–Trinajstić information content (AvgIpc) is 2.35. The molecule has 1 N–H and O–H groups in total. The predicted molar refractivity (Wildman–Crippen MR) is 60.6 cm³/mol. The van der Waals surface area contributed by atoms with Crippen molar-refractivity contribution in [3.05, 3.63) is 28.4 Å². The third-order valence-electron chi connectivity index (χ3n) is 2.15. The molecule has 0 aliphatic rings. The largest absolute Gasteiger partial charge is 0.469 e. The third-order valence-corrected chi connectivity index (χ3v) is 2.15. The van der Waals surface area contributed by atoms with E-state index in [1.165, 1.54) is 19.2 Å². The summed E-state index contributed by atoms with van der Waals surface area (Å²) < 4.78 is 4.56. The Kier molecular flexibility index (Phi) is 4.38. The van der Waals surface area contributed by atoms with Gasteiger partial charge in [0.1, 0.15) is 12.0 Å². The van der Waals surface area contributed by atoms with Crippen molar-refractivity contribution in [3.63, 3.8) is 0 Å². The average molecular weight is 239 g/mol. The summed E-state index contributed by atoms with van der Waals surface area (Å²) in [6.45, 7) is 2.07. The fourth-order valence-electron chi connectivity index (χ4n) is 1.14. The van der Waals surface area contributed by atoms with Crippen LogP contribution in [0.1, 0.15) is 6.92 Å². The monoisotopic (exact) mass is 239 g/mol. The summed E-state index contributed by atoms with van der Waals surface area (Å²) in [5, 5.41) is 13.3. The minimum atomic E-state index is -0.520. The van der Waals surface area contributed by atoms with Crippen LogP contribution in [0.3, 0.4) is 0 Å². The summed E-state index contributed by atoms with van der Waals surface area (Å²) in [4.78, 5) is 24.8. The highest BCUT2D eigenvalue weighted by Gasteiger charge is 2.13. The van der Waals surface area contributed by atoms with Gasteiger partial charge in [0.25, 0.3) is 5.69 Å². The smallest absolute Gasteiger partial charge is 0.310 e. The lowest BCUT2D eigenvalue weighted by atomic mass is 10.2. The molecule has 0 aromatic carbocycles. The third kappa shape index (κ3) is 3.71. The highest BCUT2D eigenvalue weighted by molar-refractivity contribution is 5.72. The molecule has 0 saturated heterocycles. The van der Waals surface area contributed by atoms with Crippen LogP contribution in [0.5, 0.6) is 0 Å². The number of pyridine rings is 1. The molecule has 7 nitrogen and oxygen atoms in total. The van der Waals surface area contributed by atoms with Gasteiger partial charge >= 0.3 is 5.97 Å². The molecule has 0 radical (unpaired) electrons. The summed E-state index contributed by atoms with van der Waals surface area (Å²) in [7, 11) is 1.32. The number of nitrogens with zero attached hydrogens (tertiary/aromatic N) is 2. The zero-order valence-corrected chi connectivity index (χ0v) is 9.54. The lowest BCUT2D eigenvalue weighted by Gasteiger charge is -2.10. The summed E-state index contributed by atoms with van der Waals surface area (Å²) in [6.07, 6.45) is 1.16. The molecule has 1 aromatic heterocycles. The number of carbonyl (C=O) groups excluding carboxylic acids is 1. The number of nitro groups is 1. The number of anilines is 1. The Labute approximate surface area is 98.0 Å². The predicted octanol–water partition coefficient (Wildman–Crippen LogP) is 1.21. The van der Waals surface area contributed by atoms with Crippen LogP contribution in [0.4, 0.5) is 11.5 Å². The van der Waals surface area contributed by atoms with Crippen LogP contribution in [0.2, 0.25) is 0 Å². The van der Waals surface area contributed by atoms with Crippen LogP contribution in [-0.2, 0) is 9.53 Å². The van der Waals surface area contributed by atoms with Gasteiger partial charge in [0.2, 0.25) is 0 Å². The van der Waals surface area contributed by atoms with E-state index in [0.29, 0.717) is 12.4 Å². The quantitative estimate of drug-likeness (QED) is 0.471. The second-order valence-electron chi connectivity index (χ2n) is 3.46. The van der Waals surface area contributed by atoms with Crippen molar-refractivity contribution in [1.29, 1.82) is 0 Å². The second-order valence-corrected chi connectivity index (χ2v) is 3.46. The molecule has 7 heteroatoms. The van der Waals surface area contributed by atoms with E-state index in [1.54, 1.807) is 6.92 Å². The van der Waals surface area contributed by atoms with Crippen molar-refractivity contribution < 1.29 is 14.5 Å². The second kappa shape index (κ2) is 5.78. The fraction of sp³-hybridized carbons (Fsp3) is 0.400. The van der Waals surface area contributed by atoms with Crippen molar-refractivity contribution in [1.82, 2.24) is 4.98 Å². The molecular weight excluding hydrogens is 226 g/mol. The normalized spacial score (nSPS) is 11.6. The number of hydrogen-bond donors (Lipinski definition) is 1. The molecule has 0 fully saturated rings. The maximum absolute atomic E-state index is 11.1. The van der Waals surface area contributed by atoms with Gasteiger partial charge < -0.3 is 10.1 Å². The van der Waals surface area contributed by atoms with Gasteiger partial charge in [0, 0.05) is 12.6 Å². The maximum Gasteiger partial charge on any atom is 0.310 e. The van der Waals surface area contributed by atoms with E-state index in [-0.39, 0.29) is 17.6 Å². The van der Waals surface area contributed by atoms with Crippen molar-refractivity contribution in [2.45, 2.75) is 6.92 Å². The first-order valence-electron chi connectivity index (χ1n) is 4.96. The van der Waals surface area contributed by atoms with E-state index in [0.717, 1.165) is 6.20 Å². The Hall–Kier alpha value is -2.18. The molecule has 0 amide bonds. The molecule has 1 aromatic rings. The van der Waals surface area contributed by atoms with Gasteiger partial charge in [-0.1, -0.05) is 6.92 Å². The van der Waals surface area contributed by atoms with E-state index in [9.17, 15) is 14.9 Å². The van der Waals surface area contributed by atoms with E-state index in [4.69, 9.17) is 0 Å². The first-order valence-corrected chi connectivity index (χ1v) is 4.96. The Morgan fingerprint density at radius 2 is 2.35 bits per heavy atom. The summed E-state index contributed by atoms with van der Waals surface area (Å²) >= 11 is 0. The van der Waals surface area contributed by atoms with Crippen molar-refractivity contribution in [2.24, 2.45) is 5.92 Å². The Bertz CT molecular complexity index is 405. The van der Waals surface area contributed by atoms with Crippen LogP contribution < -0.4 is 5.32 Å². The number of nitrogens with one attached hydrogen (secondary N) is 1. The van der Waals surface area contributed by atoms with Crippen LogP contribution in [0, 0.1) is 16.0 Å². The highest BCUT2D eigenvalue weighted by atomic mass is 16.6. The van der Waals surface area contributed by atoms with Gasteiger partial charge in [-0.15, -0.1) is 0 Å². The molecule has 0 aliphatic heterocycles. The van der Waals surface area contributed by atoms with E-state index in [1.807, 2.05) is 0 Å². The topological polar surface area (TPSA) is 94.4 Å². The fourth-order valence-corrected chi connectivity index (χ4v) is 1.14. The number of hydrogen-bond acceptors (Lipinski definition) is 6. The first kappa shape index (κ1) is 12.9. The molecule has 1 rings (SSSR count). The molecule has 17 heavy (non-hydrogen) atoms. The van der Waals surface area contributed by atoms with Gasteiger partial charge in [-0.05, 0) is 6.07 Å². The number of methoxy groups -OCH3 is 1. The standard InChI is InChI=1S/C10H13N3O4/c1-7(10(14)17-2)5-11-9-4-3-8(6-12-9)13(15)16/h3-4,6-7H,5H2,1-2H3,(H,11,12). The number of aromatic nitrogens is 1. The SMILES string of the molecule is COC(=O)C(C)CNc1ccc([N+](=O)[O-])cn1. The van der Waals surface area contributed by atoms with E-state index >= 15 is 0 Å². The van der Waals surface area contributed by atoms with Gasteiger partial charge in [-0.25, -0.2) is 4.98 Å². The molecule has 0 spiro atoms. The van der Waals surface area contributed by atoms with Gasteiger partial charge in [-0.3, -0.25) is 14.9 Å². The molecule has 0 aliphatic carbocycles. The molecule has 92 valence electrons. The van der Waals surface area contributed by atoms with Crippen LogP contribution in [0.25, 0.3) is 0 Å². The molecule has 1 unspecified atom stereocenters. The summed E-state index contributed by atoms with van der Waals surface area (Å²) in [5.74, 6) is -0.150. The van der Waals surface area contributed by atoms with Crippen LogP contribution >= 0.6 is 0 Å². The van der Waals surface area contributed by atoms with E-state index in [2.05, 4.69) is 15.0 Å². The molecule has 0 bridgehead atoms. The van der Waals surface area contributed by atoms with Crippen LogP contribution in [0.15, 0.2) is 18.3 Å². The lowest BCUT2D eigenvalue weighted by molar-refractivity contribution is -0.385. The van der Waals surface area contributed by atoms with Gasteiger partial charge in [-0.2, -0.15) is 0 Å². The zero-order chi connectivity index (χ0) is 12.8. The zero-order valence-electron chi connectivity index (χ0n) is 9.54. The number of esters is 1. The number of rotatable bonds is 5. The van der Waals surface area contributed by atoms with Crippen molar-refractivity contribution >= 4 is 17.5 Å². The summed E-state index contributed by atoms with van der Waals surface area (Å²) in [6, 6.07) is 2.83. The van der Waals surface area contributed by atoms with Gasteiger partial charge in [0.15, 0.2) is 0 Å². The first-order chi connectivity index (χ1) is 8.04. The Balaban J connectivity index is 2.53. The van der Waals surface area contributed by atoms with E-state index < -0.39 is 4.92 Å². The Morgan fingerprint density at radius 3 is 2.82 bits per heavy atom. The van der Waals surface area contributed by atoms with Crippen molar-refractivity contribution in [2.75, 3.05) is 19.0 Å². The maximum atomic E-state index is 11.1. The lowest BCUT2D eigenvalue weighted by Crippen LogP contribution is -2.21. The van der Waals surface area contributed by atoms with Crippen LogP contribution in [-0.4, -0.2) is 29.5 Å². The Morgan fingerprint density at radius 1 is 1.65 bits per heavy atom. The molecule has 1 heterocycles. The molecule has 0 saturated carbocycles.